The number of allylic oxidation sites excluding steroid dienone is 4. The van der Waals surface area contributed by atoms with Crippen molar-refractivity contribution >= 4 is 17.3 Å². The first kappa shape index (κ1) is 26.4. The zero-order valence-electron chi connectivity index (χ0n) is 20.3. The first-order chi connectivity index (χ1) is 14.9. The Hall–Kier alpha value is -2.90. The van der Waals surface area contributed by atoms with Crippen LogP contribution in [0.1, 0.15) is 76.4 Å². The number of aromatic hydroxyl groups is 1. The van der Waals surface area contributed by atoms with Gasteiger partial charge in [0.1, 0.15) is 5.75 Å². The lowest BCUT2D eigenvalue weighted by Gasteiger charge is -2.28. The summed E-state index contributed by atoms with van der Waals surface area (Å²) < 4.78 is 40.2. The van der Waals surface area contributed by atoms with Crippen LogP contribution in [-0.2, 0) is 10.8 Å². The number of benzene rings is 1. The van der Waals surface area contributed by atoms with E-state index in [9.17, 15) is 23.1 Å². The molecule has 8 heteroatoms. The number of carbonyl (C=O) groups is 1. The molecule has 0 saturated carbocycles. The number of phenolic OH excluding ortho intramolecular Hbond substituents is 1. The largest absolute Gasteiger partial charge is 0.507 e. The molecule has 0 aliphatic heterocycles. The minimum absolute atomic E-state index is 0.0362. The van der Waals surface area contributed by atoms with Crippen LogP contribution in [0.2, 0.25) is 0 Å². The smallest absolute Gasteiger partial charge is 0.416 e. The Morgan fingerprint density at radius 2 is 1.58 bits per heavy atom. The molecular weight excluding hydrogens is 431 g/mol. The van der Waals surface area contributed by atoms with Crippen molar-refractivity contribution in [2.45, 2.75) is 71.9 Å². The summed E-state index contributed by atoms with van der Waals surface area (Å²) in [5.74, 6) is 0.0434. The molecule has 1 aromatic rings. The molecule has 33 heavy (non-hydrogen) atoms. The van der Waals surface area contributed by atoms with Gasteiger partial charge in [-0.15, -0.1) is 0 Å². The minimum atomic E-state index is -4.44. The van der Waals surface area contributed by atoms with Crippen molar-refractivity contribution in [3.63, 3.8) is 0 Å². The highest BCUT2D eigenvalue weighted by molar-refractivity contribution is 5.99. The van der Waals surface area contributed by atoms with Gasteiger partial charge < -0.3 is 10.8 Å². The zero-order chi connectivity index (χ0) is 25.4. The van der Waals surface area contributed by atoms with Gasteiger partial charge in [0, 0.05) is 27.9 Å². The highest BCUT2D eigenvalue weighted by Gasteiger charge is 2.34. The Balaban J connectivity index is 2.53. The Morgan fingerprint density at radius 3 is 1.94 bits per heavy atom. The summed E-state index contributed by atoms with van der Waals surface area (Å²) in [6.07, 6.45) is -1.14. The van der Waals surface area contributed by atoms with E-state index in [0.29, 0.717) is 22.4 Å². The maximum Gasteiger partial charge on any atom is 0.416 e. The molecule has 1 aliphatic carbocycles. The van der Waals surface area contributed by atoms with Gasteiger partial charge in [0.2, 0.25) is 18.0 Å². The fraction of sp³-hybridized carbons (Fsp3) is 0.480. The van der Waals surface area contributed by atoms with Crippen molar-refractivity contribution < 1.29 is 27.8 Å². The molecule has 1 aromatic carbocycles. The van der Waals surface area contributed by atoms with Crippen molar-refractivity contribution in [3.8, 4) is 5.75 Å². The van der Waals surface area contributed by atoms with E-state index in [1.807, 2.05) is 41.5 Å². The van der Waals surface area contributed by atoms with Crippen LogP contribution < -0.4 is 5.73 Å². The van der Waals surface area contributed by atoms with Gasteiger partial charge in [-0.05, 0) is 36.0 Å². The van der Waals surface area contributed by atoms with Crippen molar-refractivity contribution in [2.24, 2.45) is 10.8 Å². The van der Waals surface area contributed by atoms with Crippen LogP contribution in [0.4, 0.5) is 13.2 Å². The van der Waals surface area contributed by atoms with Crippen LogP contribution in [0.3, 0.4) is 0 Å². The Bertz CT molecular complexity index is 1020. The molecule has 0 aromatic heterocycles. The average Bonchev–Trinajstić information content (AvgIpc) is 2.64. The Labute approximate surface area is 193 Å². The van der Waals surface area contributed by atoms with Crippen molar-refractivity contribution in [2.75, 3.05) is 6.54 Å². The number of rotatable bonds is 4. The lowest BCUT2D eigenvalue weighted by Crippen LogP contribution is -2.27. The fourth-order valence-corrected chi connectivity index (χ4v) is 3.50. The number of nitrogens with zero attached hydrogens (tertiary/aromatic N) is 2. The van der Waals surface area contributed by atoms with E-state index in [4.69, 9.17) is 5.73 Å². The lowest BCUT2D eigenvalue weighted by molar-refractivity contribution is -0.520. The molecule has 0 spiro atoms. The summed E-state index contributed by atoms with van der Waals surface area (Å²) in [5.41, 5.74) is 6.27. The van der Waals surface area contributed by atoms with Gasteiger partial charge in [-0.1, -0.05) is 52.3 Å². The summed E-state index contributed by atoms with van der Waals surface area (Å²) in [6.45, 7) is 13.0. The van der Waals surface area contributed by atoms with E-state index in [-0.39, 0.29) is 30.3 Å². The molecule has 3 N–H and O–H groups in total. The fourth-order valence-electron chi connectivity index (χ4n) is 3.50. The average molecular weight is 465 g/mol. The number of nitrogens with two attached hydrogens (primary N) is 1. The minimum Gasteiger partial charge on any atom is -0.507 e. The molecule has 0 radical (unpaired) electrons. The van der Waals surface area contributed by atoms with Gasteiger partial charge in [-0.2, -0.15) is 13.2 Å². The molecule has 2 rings (SSSR count). The molecule has 180 valence electrons. The van der Waals surface area contributed by atoms with E-state index in [0.717, 1.165) is 12.2 Å². The highest BCUT2D eigenvalue weighted by Crippen LogP contribution is 2.40. The van der Waals surface area contributed by atoms with E-state index >= 15 is 0 Å². The maximum absolute atomic E-state index is 13.3. The first-order valence-corrected chi connectivity index (χ1v) is 10.7. The van der Waals surface area contributed by atoms with Gasteiger partial charge >= 0.3 is 6.18 Å². The first-order valence-electron chi connectivity index (χ1n) is 10.7. The standard InChI is InChI=1S/C25H32F3N3O2/c1-15(29)30-31(18-10-8-17(9-11-18)25(26,27)28)14-21(32)16-12-19(23(2,3)4)22(33)20(13-16)24(5,6)7/h8-10,12-13H,11,14H2,1-7H3,(H2-,29,30,32,33)/p+1/b31-18-. The van der Waals surface area contributed by atoms with Gasteiger partial charge in [0.25, 0.3) is 0 Å². The number of alkyl halides is 3. The van der Waals surface area contributed by atoms with Crippen LogP contribution >= 0.6 is 0 Å². The topological polar surface area (TPSA) is 78.7 Å². The molecule has 5 nitrogen and oxygen atoms in total. The predicted octanol–water partition coefficient (Wildman–Crippen LogP) is 5.36. The third kappa shape index (κ3) is 6.55. The number of Topliss-reactive ketones (excluding diaryl/α,β-unsaturated/α-hetero) is 1. The summed E-state index contributed by atoms with van der Waals surface area (Å²) in [5, 5.41) is 15.1. The molecule has 1 aliphatic rings. The second kappa shape index (κ2) is 9.15. The Kier molecular flexibility index (Phi) is 7.31. The highest BCUT2D eigenvalue weighted by atomic mass is 19.4. The van der Waals surface area contributed by atoms with Crippen LogP contribution in [0.15, 0.2) is 41.0 Å². The van der Waals surface area contributed by atoms with E-state index in [1.165, 1.54) is 17.7 Å². The number of phenols is 1. The summed E-state index contributed by atoms with van der Waals surface area (Å²) in [6, 6.07) is 3.35. The van der Waals surface area contributed by atoms with Gasteiger partial charge in [0.05, 0.1) is 12.0 Å². The van der Waals surface area contributed by atoms with Crippen LogP contribution in [0.5, 0.6) is 5.75 Å². The second-order valence-corrected chi connectivity index (χ2v) is 10.3. The Morgan fingerprint density at radius 1 is 1.06 bits per heavy atom. The molecule has 0 unspecified atom stereocenters. The number of hydrogen-bond donors (Lipinski definition) is 2. The summed E-state index contributed by atoms with van der Waals surface area (Å²) >= 11 is 0. The van der Waals surface area contributed by atoms with Gasteiger partial charge in [0.15, 0.2) is 5.84 Å². The maximum atomic E-state index is 13.3. The number of hydrogen-bond acceptors (Lipinski definition) is 3. The molecule has 0 bridgehead atoms. The zero-order valence-corrected chi connectivity index (χ0v) is 20.3. The molecule has 0 fully saturated rings. The van der Waals surface area contributed by atoms with Crippen molar-refractivity contribution in [1.29, 1.82) is 0 Å². The molecular formula is C25H33F3N3O2+. The monoisotopic (exact) mass is 464 g/mol. The third-order valence-corrected chi connectivity index (χ3v) is 5.26. The quantitative estimate of drug-likeness (QED) is 0.207. The van der Waals surface area contributed by atoms with Crippen molar-refractivity contribution in [1.82, 2.24) is 0 Å². The van der Waals surface area contributed by atoms with Gasteiger partial charge in [-0.3, -0.25) is 4.79 Å². The molecule has 0 heterocycles. The van der Waals surface area contributed by atoms with E-state index in [1.54, 1.807) is 12.1 Å². The SMILES string of the molecule is C/C(N)=N\[N+](CC(=O)c1cc(C(C)(C)C)c(O)c(C(C)(C)C)c1)=C1\C=CC(C(F)(F)F)=CC1. The number of hydrazone groups is 1. The number of halogens is 3. The van der Waals surface area contributed by atoms with E-state index in [2.05, 4.69) is 5.10 Å². The summed E-state index contributed by atoms with van der Waals surface area (Å²) in [4.78, 5) is 13.3. The second-order valence-electron chi connectivity index (χ2n) is 10.3. The van der Waals surface area contributed by atoms with Crippen LogP contribution in [0.25, 0.3) is 0 Å². The van der Waals surface area contributed by atoms with Crippen molar-refractivity contribution in [3.05, 3.63) is 52.6 Å². The molecule has 0 amide bonds. The number of ketones is 1. The molecule has 0 saturated heterocycles. The number of amidine groups is 1. The van der Waals surface area contributed by atoms with E-state index < -0.39 is 22.6 Å². The number of carbonyl (C=O) groups excluding carboxylic acids is 1. The summed E-state index contributed by atoms with van der Waals surface area (Å²) in [7, 11) is 0. The van der Waals surface area contributed by atoms with Crippen LogP contribution in [0, 0.1) is 0 Å². The normalized spacial score (nSPS) is 17.2. The third-order valence-electron chi connectivity index (χ3n) is 5.26. The predicted molar refractivity (Wildman–Crippen MR) is 125 cm³/mol. The van der Waals surface area contributed by atoms with Gasteiger partial charge in [-0.25, -0.2) is 0 Å². The molecule has 0 atom stereocenters. The van der Waals surface area contributed by atoms with Crippen LogP contribution in [-0.4, -0.2) is 39.8 Å². The lowest BCUT2D eigenvalue weighted by atomic mass is 9.78.